The standard InChI is InChI=1S/C14H13BrClNO/c1-17(15,18)14(11-6-3-2-4-7-11)12-8-5-9-13(16)10-12/h2-10,14H,1H3. The normalized spacial score (nSPS) is 16.0. The molecular weight excluding hydrogens is 314 g/mol. The van der Waals surface area contributed by atoms with Gasteiger partial charge in [-0.3, -0.25) is 3.67 Å². The van der Waals surface area contributed by atoms with Gasteiger partial charge in [-0.1, -0.05) is 54.1 Å². The zero-order valence-electron chi connectivity index (χ0n) is 9.88. The molecule has 2 nitrogen and oxygen atoms in total. The molecule has 0 N–H and O–H groups in total. The van der Waals surface area contributed by atoms with E-state index in [1.807, 2.05) is 48.5 Å². The van der Waals surface area contributed by atoms with E-state index in [0.29, 0.717) is 5.02 Å². The smallest absolute Gasteiger partial charge is 0.228 e. The third-order valence-electron chi connectivity index (χ3n) is 2.74. The van der Waals surface area contributed by atoms with Crippen molar-refractivity contribution in [2.24, 2.45) is 0 Å². The number of benzene rings is 2. The lowest BCUT2D eigenvalue weighted by Crippen LogP contribution is -2.31. The summed E-state index contributed by atoms with van der Waals surface area (Å²) in [5.41, 5.74) is 1.84. The van der Waals surface area contributed by atoms with Gasteiger partial charge in [0.1, 0.15) is 6.04 Å². The Hall–Kier alpha value is -0.870. The van der Waals surface area contributed by atoms with Crippen LogP contribution >= 0.6 is 27.7 Å². The number of hydrogen-bond donors (Lipinski definition) is 0. The summed E-state index contributed by atoms with van der Waals surface area (Å²) in [6.45, 7) is 0. The number of rotatable bonds is 3. The first-order valence-electron chi connectivity index (χ1n) is 5.56. The summed E-state index contributed by atoms with van der Waals surface area (Å²) in [6.07, 6.45) is 0. The molecule has 18 heavy (non-hydrogen) atoms. The van der Waals surface area contributed by atoms with Gasteiger partial charge in [0.2, 0.25) is 16.1 Å². The van der Waals surface area contributed by atoms with Crippen molar-refractivity contribution in [3.63, 3.8) is 0 Å². The van der Waals surface area contributed by atoms with Gasteiger partial charge in [-0.15, -0.1) is 0 Å². The predicted molar refractivity (Wildman–Crippen MR) is 78.2 cm³/mol. The Labute approximate surface area is 120 Å². The minimum Gasteiger partial charge on any atom is -0.621 e. The molecule has 0 saturated carbocycles. The van der Waals surface area contributed by atoms with Gasteiger partial charge < -0.3 is 5.21 Å². The number of nitrogens with zero attached hydrogens (tertiary/aromatic N) is 1. The molecule has 0 fully saturated rings. The predicted octanol–water partition coefficient (Wildman–Crippen LogP) is 4.68. The molecule has 0 spiro atoms. The molecule has 0 heterocycles. The second-order valence-electron chi connectivity index (χ2n) is 4.25. The van der Waals surface area contributed by atoms with Crippen molar-refractivity contribution in [2.75, 3.05) is 7.05 Å². The first kappa shape index (κ1) is 13.6. The van der Waals surface area contributed by atoms with E-state index in [0.717, 1.165) is 11.1 Å². The van der Waals surface area contributed by atoms with Gasteiger partial charge >= 0.3 is 0 Å². The maximum absolute atomic E-state index is 12.3. The van der Waals surface area contributed by atoms with Gasteiger partial charge in [0.25, 0.3) is 0 Å². The highest BCUT2D eigenvalue weighted by Crippen LogP contribution is 2.36. The molecule has 94 valence electrons. The molecule has 4 heteroatoms. The summed E-state index contributed by atoms with van der Waals surface area (Å²) in [6, 6.07) is 16.7. The van der Waals surface area contributed by atoms with Crippen LogP contribution in [0.25, 0.3) is 0 Å². The van der Waals surface area contributed by atoms with Crippen LogP contribution in [0.15, 0.2) is 54.6 Å². The SMILES string of the molecule is C[N+]([O-])(Br)C(c1ccccc1)c1cccc(Cl)c1. The number of quaternary nitrogens is 1. The van der Waals surface area contributed by atoms with E-state index in [1.165, 1.54) is 0 Å². The Kier molecular flexibility index (Phi) is 4.07. The summed E-state index contributed by atoms with van der Waals surface area (Å²) in [7, 11) is 1.57. The fraction of sp³-hybridized carbons (Fsp3) is 0.143. The Bertz CT molecular complexity index is 525. The highest BCUT2D eigenvalue weighted by atomic mass is 79.9. The average Bonchev–Trinajstić information content (AvgIpc) is 2.28. The van der Waals surface area contributed by atoms with E-state index < -0.39 is 3.67 Å². The molecule has 2 rings (SSSR count). The lowest BCUT2D eigenvalue weighted by Gasteiger charge is -2.38. The Morgan fingerprint density at radius 3 is 2.22 bits per heavy atom. The van der Waals surface area contributed by atoms with E-state index in [1.54, 1.807) is 13.1 Å². The topological polar surface area (TPSA) is 23.1 Å². The van der Waals surface area contributed by atoms with E-state index in [4.69, 9.17) is 11.6 Å². The number of hydroxylamine groups is 2. The highest BCUT2D eigenvalue weighted by Gasteiger charge is 2.27. The third-order valence-corrected chi connectivity index (χ3v) is 3.39. The van der Waals surface area contributed by atoms with Gasteiger partial charge in [-0.05, 0) is 12.1 Å². The zero-order chi connectivity index (χ0) is 13.2. The van der Waals surface area contributed by atoms with Gasteiger partial charge in [-0.2, -0.15) is 0 Å². The third kappa shape index (κ3) is 3.12. The molecular formula is C14H13BrClNO. The molecule has 0 aliphatic heterocycles. The molecule has 2 aromatic rings. The second-order valence-corrected chi connectivity index (χ2v) is 6.09. The average molecular weight is 327 g/mol. The van der Waals surface area contributed by atoms with E-state index >= 15 is 0 Å². The van der Waals surface area contributed by atoms with Crippen molar-refractivity contribution in [3.8, 4) is 0 Å². The first-order valence-corrected chi connectivity index (χ1v) is 6.64. The maximum atomic E-state index is 12.3. The van der Waals surface area contributed by atoms with Crippen molar-refractivity contribution in [1.29, 1.82) is 0 Å². The van der Waals surface area contributed by atoms with Crippen LogP contribution in [0.3, 0.4) is 0 Å². The minimum atomic E-state index is -0.600. The van der Waals surface area contributed by atoms with Gasteiger partial charge in [-0.25, -0.2) is 0 Å². The molecule has 2 unspecified atom stereocenters. The summed E-state index contributed by atoms with van der Waals surface area (Å²) in [5, 5.41) is 13.0. The summed E-state index contributed by atoms with van der Waals surface area (Å²) in [4.78, 5) is 0. The Balaban J connectivity index is 2.51. The summed E-state index contributed by atoms with van der Waals surface area (Å²) < 4.78 is -0.600. The van der Waals surface area contributed by atoms with E-state index in [2.05, 4.69) is 16.1 Å². The van der Waals surface area contributed by atoms with Crippen LogP contribution in [0.1, 0.15) is 17.2 Å². The molecule has 2 aromatic carbocycles. The molecule has 0 amide bonds. The monoisotopic (exact) mass is 325 g/mol. The quantitative estimate of drug-likeness (QED) is 0.593. The Morgan fingerprint density at radius 1 is 1.06 bits per heavy atom. The zero-order valence-corrected chi connectivity index (χ0v) is 12.2. The molecule has 0 aliphatic rings. The summed E-state index contributed by atoms with van der Waals surface area (Å²) in [5.74, 6) is 0. The Morgan fingerprint density at radius 2 is 1.67 bits per heavy atom. The fourth-order valence-electron chi connectivity index (χ4n) is 2.04. The van der Waals surface area contributed by atoms with E-state index in [9.17, 15) is 5.21 Å². The largest absolute Gasteiger partial charge is 0.621 e. The van der Waals surface area contributed by atoms with Crippen molar-refractivity contribution in [3.05, 3.63) is 76.0 Å². The van der Waals surface area contributed by atoms with Crippen molar-refractivity contribution in [1.82, 2.24) is 0 Å². The number of hydrogen-bond acceptors (Lipinski definition) is 1. The summed E-state index contributed by atoms with van der Waals surface area (Å²) >= 11 is 9.18. The minimum absolute atomic E-state index is 0.343. The van der Waals surface area contributed by atoms with Crippen LogP contribution in [-0.2, 0) is 0 Å². The maximum Gasteiger partial charge on any atom is 0.228 e. The van der Waals surface area contributed by atoms with Gasteiger partial charge in [0, 0.05) is 16.1 Å². The lowest BCUT2D eigenvalue weighted by atomic mass is 9.99. The van der Waals surface area contributed by atoms with Crippen LogP contribution in [0, 0.1) is 5.21 Å². The van der Waals surface area contributed by atoms with Crippen LogP contribution in [0.5, 0.6) is 0 Å². The van der Waals surface area contributed by atoms with Crippen LogP contribution in [-0.4, -0.2) is 10.7 Å². The van der Waals surface area contributed by atoms with E-state index in [-0.39, 0.29) is 6.04 Å². The van der Waals surface area contributed by atoms with Crippen LogP contribution in [0.4, 0.5) is 0 Å². The van der Waals surface area contributed by atoms with Crippen LogP contribution in [0.2, 0.25) is 5.02 Å². The molecule has 0 radical (unpaired) electrons. The van der Waals surface area contributed by atoms with Crippen LogP contribution < -0.4 is 0 Å². The molecule has 0 saturated heterocycles. The molecule has 2 atom stereocenters. The van der Waals surface area contributed by atoms with Gasteiger partial charge in [0.15, 0.2) is 0 Å². The van der Waals surface area contributed by atoms with Crippen molar-refractivity contribution >= 4 is 27.7 Å². The highest BCUT2D eigenvalue weighted by molar-refractivity contribution is 9.05. The van der Waals surface area contributed by atoms with Crippen molar-refractivity contribution in [2.45, 2.75) is 6.04 Å². The fourth-order valence-corrected chi connectivity index (χ4v) is 2.71. The van der Waals surface area contributed by atoms with Crippen molar-refractivity contribution < 1.29 is 3.67 Å². The molecule has 0 aromatic heterocycles. The molecule has 0 bridgehead atoms. The lowest BCUT2D eigenvalue weighted by molar-refractivity contribution is -0.731. The second kappa shape index (κ2) is 5.41. The first-order chi connectivity index (χ1) is 8.48. The molecule has 0 aliphatic carbocycles. The van der Waals surface area contributed by atoms with Gasteiger partial charge in [0.05, 0.1) is 7.05 Å². The number of halogens is 2.